The van der Waals surface area contributed by atoms with Crippen molar-refractivity contribution in [3.8, 4) is 0 Å². The molecule has 1 saturated heterocycles. The smallest absolute Gasteiger partial charge is 0.337 e. The van der Waals surface area contributed by atoms with E-state index in [1.54, 1.807) is 6.92 Å². The number of esters is 1. The molecule has 0 saturated carbocycles. The molecule has 4 nitrogen and oxygen atoms in total. The van der Waals surface area contributed by atoms with Crippen LogP contribution < -0.4 is 0 Å². The van der Waals surface area contributed by atoms with E-state index in [-0.39, 0.29) is 5.92 Å². The molecule has 0 aliphatic carbocycles. The molecule has 3 atom stereocenters. The van der Waals surface area contributed by atoms with Crippen LogP contribution in [0.5, 0.6) is 0 Å². The van der Waals surface area contributed by atoms with E-state index in [0.717, 1.165) is 0 Å². The van der Waals surface area contributed by atoms with Gasteiger partial charge in [-0.1, -0.05) is 6.92 Å². The Morgan fingerprint density at radius 3 is 2.92 bits per heavy atom. The molecule has 1 rings (SSSR count). The summed E-state index contributed by atoms with van der Waals surface area (Å²) in [6.45, 7) is 4.15. The van der Waals surface area contributed by atoms with Crippen molar-refractivity contribution in [2.45, 2.75) is 32.7 Å². The van der Waals surface area contributed by atoms with Crippen molar-refractivity contribution in [3.63, 3.8) is 0 Å². The maximum atomic E-state index is 10.9. The number of cyclic esters (lactones) is 1. The minimum absolute atomic E-state index is 0.0807. The standard InChI is InChI=1S/C8H14O4/c1-3-11-6-4-5(2)7(9)8(10)12-6/h5-7,9H,3-4H2,1-2H3/t5-,6-,7+/m1/s1. The van der Waals surface area contributed by atoms with Crippen LogP contribution in [0.2, 0.25) is 0 Å². The van der Waals surface area contributed by atoms with Crippen LogP contribution >= 0.6 is 0 Å². The molecule has 0 aromatic heterocycles. The lowest BCUT2D eigenvalue weighted by Gasteiger charge is -2.29. The molecule has 12 heavy (non-hydrogen) atoms. The predicted octanol–water partition coefficient (Wildman–Crippen LogP) is 0.293. The second kappa shape index (κ2) is 3.87. The molecule has 0 aromatic carbocycles. The van der Waals surface area contributed by atoms with Gasteiger partial charge in [-0.15, -0.1) is 0 Å². The van der Waals surface area contributed by atoms with Crippen molar-refractivity contribution in [3.05, 3.63) is 0 Å². The molecule has 1 aliphatic rings. The van der Waals surface area contributed by atoms with Gasteiger partial charge in [-0.05, 0) is 12.8 Å². The molecule has 1 N–H and O–H groups in total. The highest BCUT2D eigenvalue weighted by Crippen LogP contribution is 2.21. The fraction of sp³-hybridized carbons (Fsp3) is 0.875. The molecule has 4 heteroatoms. The first-order valence-corrected chi connectivity index (χ1v) is 4.15. The van der Waals surface area contributed by atoms with E-state index in [0.29, 0.717) is 13.0 Å². The minimum atomic E-state index is -0.985. The minimum Gasteiger partial charge on any atom is -0.434 e. The third-order valence-electron chi connectivity index (χ3n) is 1.94. The Morgan fingerprint density at radius 2 is 2.42 bits per heavy atom. The maximum Gasteiger partial charge on any atom is 0.337 e. The molecule has 70 valence electrons. The molecule has 0 bridgehead atoms. The quantitative estimate of drug-likeness (QED) is 0.611. The van der Waals surface area contributed by atoms with Crippen LogP contribution in [-0.4, -0.2) is 30.1 Å². The van der Waals surface area contributed by atoms with Gasteiger partial charge in [-0.25, -0.2) is 4.79 Å². The lowest BCUT2D eigenvalue weighted by molar-refractivity contribution is -0.208. The van der Waals surface area contributed by atoms with Crippen LogP contribution in [0.1, 0.15) is 20.3 Å². The number of aliphatic hydroxyl groups is 1. The first-order valence-electron chi connectivity index (χ1n) is 4.15. The highest BCUT2D eigenvalue weighted by atomic mass is 16.7. The summed E-state index contributed by atoms with van der Waals surface area (Å²) in [5.41, 5.74) is 0. The van der Waals surface area contributed by atoms with Gasteiger partial charge in [0.2, 0.25) is 6.29 Å². The number of rotatable bonds is 2. The number of hydrogen-bond acceptors (Lipinski definition) is 4. The van der Waals surface area contributed by atoms with Crippen molar-refractivity contribution in [2.75, 3.05) is 6.61 Å². The van der Waals surface area contributed by atoms with E-state index in [2.05, 4.69) is 0 Å². The van der Waals surface area contributed by atoms with E-state index in [1.165, 1.54) is 0 Å². The molecule has 1 fully saturated rings. The Morgan fingerprint density at radius 1 is 1.75 bits per heavy atom. The molecular formula is C8H14O4. The summed E-state index contributed by atoms with van der Waals surface area (Å²) in [5, 5.41) is 9.20. The first-order chi connectivity index (χ1) is 5.65. The Balaban J connectivity index is 2.48. The Kier molecular flexibility index (Phi) is 3.05. The first kappa shape index (κ1) is 9.48. The van der Waals surface area contributed by atoms with Gasteiger partial charge in [0.05, 0.1) is 0 Å². The molecule has 1 heterocycles. The summed E-state index contributed by atoms with van der Waals surface area (Å²) in [5.74, 6) is -0.657. The van der Waals surface area contributed by atoms with Gasteiger partial charge >= 0.3 is 5.97 Å². The van der Waals surface area contributed by atoms with E-state index in [1.807, 2.05) is 6.92 Å². The summed E-state index contributed by atoms with van der Waals surface area (Å²) in [6.07, 6.45) is -0.886. The molecule has 0 aromatic rings. The third kappa shape index (κ3) is 1.95. The topological polar surface area (TPSA) is 55.8 Å². The van der Waals surface area contributed by atoms with Crippen LogP contribution in [-0.2, 0) is 14.3 Å². The average Bonchev–Trinajstić information content (AvgIpc) is 2.01. The number of carbonyl (C=O) groups excluding carboxylic acids is 1. The summed E-state index contributed by atoms with van der Waals surface area (Å²) in [7, 11) is 0. The monoisotopic (exact) mass is 174 g/mol. The normalized spacial score (nSPS) is 36.2. The third-order valence-corrected chi connectivity index (χ3v) is 1.94. The number of ether oxygens (including phenoxy) is 2. The molecule has 1 aliphatic heterocycles. The van der Waals surface area contributed by atoms with Crippen molar-refractivity contribution in [1.82, 2.24) is 0 Å². The van der Waals surface area contributed by atoms with Gasteiger partial charge in [0, 0.05) is 13.0 Å². The molecule has 0 spiro atoms. The van der Waals surface area contributed by atoms with Crippen molar-refractivity contribution >= 4 is 5.97 Å². The van der Waals surface area contributed by atoms with Crippen molar-refractivity contribution in [1.29, 1.82) is 0 Å². The van der Waals surface area contributed by atoms with Gasteiger partial charge in [-0.2, -0.15) is 0 Å². The van der Waals surface area contributed by atoms with Crippen LogP contribution in [0.15, 0.2) is 0 Å². The maximum absolute atomic E-state index is 10.9. The molecule has 0 amide bonds. The van der Waals surface area contributed by atoms with Gasteiger partial charge in [-0.3, -0.25) is 0 Å². The zero-order valence-corrected chi connectivity index (χ0v) is 7.32. The van der Waals surface area contributed by atoms with Crippen LogP contribution in [0.3, 0.4) is 0 Å². The predicted molar refractivity (Wildman–Crippen MR) is 41.3 cm³/mol. The number of carbonyl (C=O) groups is 1. The second-order valence-corrected chi connectivity index (χ2v) is 2.98. The highest BCUT2D eigenvalue weighted by molar-refractivity contribution is 5.75. The largest absolute Gasteiger partial charge is 0.434 e. The average molecular weight is 174 g/mol. The Hall–Kier alpha value is -0.610. The van der Waals surface area contributed by atoms with E-state index in [9.17, 15) is 9.90 Å². The van der Waals surface area contributed by atoms with Crippen LogP contribution in [0.25, 0.3) is 0 Å². The van der Waals surface area contributed by atoms with E-state index >= 15 is 0 Å². The second-order valence-electron chi connectivity index (χ2n) is 2.98. The zero-order valence-electron chi connectivity index (χ0n) is 7.32. The van der Waals surface area contributed by atoms with Gasteiger partial charge < -0.3 is 14.6 Å². The Bertz CT molecular complexity index is 168. The van der Waals surface area contributed by atoms with E-state index < -0.39 is 18.4 Å². The number of aliphatic hydroxyl groups excluding tert-OH is 1. The zero-order chi connectivity index (χ0) is 9.14. The van der Waals surface area contributed by atoms with Gasteiger partial charge in [0.25, 0.3) is 0 Å². The van der Waals surface area contributed by atoms with Crippen LogP contribution in [0.4, 0.5) is 0 Å². The van der Waals surface area contributed by atoms with Crippen molar-refractivity contribution in [2.24, 2.45) is 5.92 Å². The van der Waals surface area contributed by atoms with E-state index in [4.69, 9.17) is 9.47 Å². The SMILES string of the molecule is CCO[C@H]1C[C@@H](C)[C@H](O)C(=O)O1. The van der Waals surface area contributed by atoms with Crippen LogP contribution in [0, 0.1) is 5.92 Å². The summed E-state index contributed by atoms with van der Waals surface area (Å²) >= 11 is 0. The highest BCUT2D eigenvalue weighted by Gasteiger charge is 2.34. The summed E-state index contributed by atoms with van der Waals surface area (Å²) in [6, 6.07) is 0. The number of hydrogen-bond donors (Lipinski definition) is 1. The van der Waals surface area contributed by atoms with Gasteiger partial charge in [0.15, 0.2) is 6.10 Å². The fourth-order valence-electron chi connectivity index (χ4n) is 1.20. The lowest BCUT2D eigenvalue weighted by Crippen LogP contribution is -2.41. The molecular weight excluding hydrogens is 160 g/mol. The Labute approximate surface area is 71.5 Å². The molecule has 0 unspecified atom stereocenters. The van der Waals surface area contributed by atoms with Crippen molar-refractivity contribution < 1.29 is 19.4 Å². The lowest BCUT2D eigenvalue weighted by atomic mass is 9.98. The van der Waals surface area contributed by atoms with Gasteiger partial charge in [0.1, 0.15) is 0 Å². The summed E-state index contributed by atoms with van der Waals surface area (Å²) in [4.78, 5) is 10.9. The summed E-state index contributed by atoms with van der Waals surface area (Å²) < 4.78 is 9.92. The molecule has 0 radical (unpaired) electrons. The fourth-order valence-corrected chi connectivity index (χ4v) is 1.20.